The number of nitrogens with one attached hydrogen (secondary N) is 2. The molecule has 1 aliphatic carbocycles. The minimum absolute atomic E-state index is 0.249. The quantitative estimate of drug-likeness (QED) is 0.406. The van der Waals surface area contributed by atoms with Crippen molar-refractivity contribution >= 4 is 5.96 Å². The molecule has 0 radical (unpaired) electrons. The van der Waals surface area contributed by atoms with Crippen LogP contribution < -0.4 is 10.6 Å². The van der Waals surface area contributed by atoms with Crippen LogP contribution in [0.25, 0.3) is 0 Å². The number of fused-ring (bicyclic) bond motifs is 1. The fourth-order valence-electron chi connectivity index (χ4n) is 3.93. The lowest BCUT2D eigenvalue weighted by Crippen LogP contribution is -2.38. The second-order valence-corrected chi connectivity index (χ2v) is 7.70. The summed E-state index contributed by atoms with van der Waals surface area (Å²) in [5.74, 6) is 0.846. The molecule has 0 amide bonds. The van der Waals surface area contributed by atoms with Crippen molar-refractivity contribution < 1.29 is 4.74 Å². The number of benzene rings is 1. The van der Waals surface area contributed by atoms with Crippen LogP contribution in [0.15, 0.2) is 29.3 Å². The van der Waals surface area contributed by atoms with Gasteiger partial charge >= 0.3 is 0 Å². The van der Waals surface area contributed by atoms with E-state index in [0.717, 1.165) is 44.2 Å². The van der Waals surface area contributed by atoms with Crippen LogP contribution in [-0.2, 0) is 24.8 Å². The highest BCUT2D eigenvalue weighted by Crippen LogP contribution is 2.32. The number of guanidine groups is 1. The van der Waals surface area contributed by atoms with Crippen molar-refractivity contribution in [2.24, 2.45) is 12.0 Å². The Morgan fingerprint density at radius 3 is 2.86 bits per heavy atom. The molecule has 0 bridgehead atoms. The Hall–Kier alpha value is -2.34. The van der Waals surface area contributed by atoms with Gasteiger partial charge in [0, 0.05) is 38.0 Å². The third-order valence-electron chi connectivity index (χ3n) is 5.65. The van der Waals surface area contributed by atoms with Gasteiger partial charge in [0.2, 0.25) is 0 Å². The number of hydrogen-bond donors (Lipinski definition) is 2. The first-order valence-electron chi connectivity index (χ1n) is 10.8. The molecule has 158 valence electrons. The van der Waals surface area contributed by atoms with Crippen molar-refractivity contribution in [2.75, 3.05) is 19.7 Å². The number of nitrogens with zero attached hydrogens (tertiary/aromatic N) is 3. The topological polar surface area (TPSA) is 63.5 Å². The number of rotatable bonds is 8. The molecule has 0 aliphatic heterocycles. The maximum Gasteiger partial charge on any atom is 0.191 e. The number of aryl methyl sites for hydroxylation is 3. The third kappa shape index (κ3) is 5.60. The lowest BCUT2D eigenvalue weighted by Gasteiger charge is -2.25. The Labute approximate surface area is 174 Å². The predicted molar refractivity (Wildman–Crippen MR) is 118 cm³/mol. The predicted octanol–water partition coefficient (Wildman–Crippen LogP) is 3.58. The van der Waals surface area contributed by atoms with Gasteiger partial charge in [-0.05, 0) is 57.6 Å². The lowest BCUT2D eigenvalue weighted by molar-refractivity contribution is 0.0398. The summed E-state index contributed by atoms with van der Waals surface area (Å²) in [5, 5.41) is 11.2. The molecular weight excluding hydrogens is 362 g/mol. The summed E-state index contributed by atoms with van der Waals surface area (Å²) in [4.78, 5) is 4.74. The van der Waals surface area contributed by atoms with Gasteiger partial charge in [-0.25, -0.2) is 4.99 Å². The molecule has 1 heterocycles. The van der Waals surface area contributed by atoms with Crippen LogP contribution in [-0.4, -0.2) is 35.4 Å². The molecule has 2 N–H and O–H groups in total. The minimum atomic E-state index is 0.249. The van der Waals surface area contributed by atoms with E-state index in [0.29, 0.717) is 6.54 Å². The third-order valence-corrected chi connectivity index (χ3v) is 5.65. The van der Waals surface area contributed by atoms with Crippen LogP contribution in [0.4, 0.5) is 0 Å². The average molecular weight is 398 g/mol. The zero-order valence-electron chi connectivity index (χ0n) is 18.3. The molecule has 2 aromatic rings. The summed E-state index contributed by atoms with van der Waals surface area (Å²) in [6.45, 7) is 9.28. The Balaban J connectivity index is 1.45. The Morgan fingerprint density at radius 1 is 1.28 bits per heavy atom. The maximum atomic E-state index is 6.20. The summed E-state index contributed by atoms with van der Waals surface area (Å²) >= 11 is 0. The van der Waals surface area contributed by atoms with Gasteiger partial charge in [-0.3, -0.25) is 4.68 Å². The highest BCUT2D eigenvalue weighted by Gasteiger charge is 2.19. The van der Waals surface area contributed by atoms with E-state index < -0.39 is 0 Å². The van der Waals surface area contributed by atoms with E-state index in [1.807, 2.05) is 18.7 Å². The van der Waals surface area contributed by atoms with Crippen molar-refractivity contribution in [3.05, 3.63) is 52.3 Å². The molecule has 1 atom stereocenters. The molecule has 1 unspecified atom stereocenters. The Morgan fingerprint density at radius 2 is 2.10 bits per heavy atom. The van der Waals surface area contributed by atoms with E-state index in [-0.39, 0.29) is 6.10 Å². The first kappa shape index (κ1) is 21.4. The summed E-state index contributed by atoms with van der Waals surface area (Å²) < 4.78 is 8.12. The van der Waals surface area contributed by atoms with Crippen LogP contribution in [0.5, 0.6) is 0 Å². The molecule has 0 saturated heterocycles. The summed E-state index contributed by atoms with van der Waals surface area (Å²) in [7, 11) is 1.98. The molecule has 6 heteroatoms. The summed E-state index contributed by atoms with van der Waals surface area (Å²) in [6, 6.07) is 8.70. The van der Waals surface area contributed by atoms with Gasteiger partial charge in [-0.15, -0.1) is 0 Å². The maximum absolute atomic E-state index is 6.20. The van der Waals surface area contributed by atoms with Gasteiger partial charge in [0.1, 0.15) is 0 Å². The van der Waals surface area contributed by atoms with Crippen molar-refractivity contribution in [1.82, 2.24) is 20.4 Å². The molecule has 6 nitrogen and oxygen atoms in total. The minimum Gasteiger partial charge on any atom is -0.373 e. The summed E-state index contributed by atoms with van der Waals surface area (Å²) in [6.07, 6.45) is 4.71. The van der Waals surface area contributed by atoms with Gasteiger partial charge < -0.3 is 15.4 Å². The van der Waals surface area contributed by atoms with E-state index in [9.17, 15) is 0 Å². The van der Waals surface area contributed by atoms with Crippen LogP contribution >= 0.6 is 0 Å². The molecule has 29 heavy (non-hydrogen) atoms. The normalized spacial score (nSPS) is 16.6. The van der Waals surface area contributed by atoms with Gasteiger partial charge in [-0.1, -0.05) is 24.3 Å². The molecule has 0 fully saturated rings. The first-order valence-corrected chi connectivity index (χ1v) is 10.8. The second-order valence-electron chi connectivity index (χ2n) is 7.70. The average Bonchev–Trinajstić information content (AvgIpc) is 2.97. The van der Waals surface area contributed by atoms with Crippen LogP contribution in [0.2, 0.25) is 0 Å². The highest BCUT2D eigenvalue weighted by atomic mass is 16.5. The van der Waals surface area contributed by atoms with E-state index in [4.69, 9.17) is 9.73 Å². The van der Waals surface area contributed by atoms with Crippen LogP contribution in [0, 0.1) is 13.8 Å². The van der Waals surface area contributed by atoms with Crippen molar-refractivity contribution in [2.45, 2.75) is 59.1 Å². The Kier molecular flexibility index (Phi) is 7.69. The van der Waals surface area contributed by atoms with Gasteiger partial charge in [-0.2, -0.15) is 5.10 Å². The largest absolute Gasteiger partial charge is 0.373 e. The van der Waals surface area contributed by atoms with E-state index in [1.165, 1.54) is 35.2 Å². The molecule has 1 aromatic carbocycles. The van der Waals surface area contributed by atoms with E-state index in [2.05, 4.69) is 53.8 Å². The van der Waals surface area contributed by atoms with Gasteiger partial charge in [0.05, 0.1) is 18.3 Å². The fraction of sp³-hybridized carbons (Fsp3) is 0.565. The number of hydrogen-bond acceptors (Lipinski definition) is 3. The van der Waals surface area contributed by atoms with Crippen molar-refractivity contribution in [3.63, 3.8) is 0 Å². The zero-order chi connectivity index (χ0) is 20.6. The Bertz CT molecular complexity index is 827. The molecular formula is C23H35N5O. The smallest absolute Gasteiger partial charge is 0.191 e. The van der Waals surface area contributed by atoms with E-state index in [1.54, 1.807) is 0 Å². The lowest BCUT2D eigenvalue weighted by atomic mass is 9.89. The van der Waals surface area contributed by atoms with Crippen LogP contribution in [0.1, 0.15) is 60.4 Å². The van der Waals surface area contributed by atoms with Gasteiger partial charge in [0.25, 0.3) is 0 Å². The second kappa shape index (κ2) is 10.4. The number of aliphatic imine (C=N–C) groups is 1. The molecule has 3 rings (SSSR count). The first-order chi connectivity index (χ1) is 14.1. The standard InChI is InChI=1S/C23H35N5O/c1-5-24-23(26-16-21-17(2)27-28(4)18(21)3)25-14-9-15-29-22-13-8-11-19-10-6-7-12-20(19)22/h6-7,10,12,22H,5,8-9,11,13-16H2,1-4H3,(H2,24,25,26). The monoisotopic (exact) mass is 397 g/mol. The van der Waals surface area contributed by atoms with Gasteiger partial charge in [0.15, 0.2) is 5.96 Å². The van der Waals surface area contributed by atoms with E-state index >= 15 is 0 Å². The highest BCUT2D eigenvalue weighted by molar-refractivity contribution is 5.79. The van der Waals surface area contributed by atoms with Crippen molar-refractivity contribution in [1.29, 1.82) is 0 Å². The molecule has 0 spiro atoms. The summed E-state index contributed by atoms with van der Waals surface area (Å²) in [5.41, 5.74) is 6.24. The molecule has 0 saturated carbocycles. The SMILES string of the molecule is CCNC(=NCc1c(C)nn(C)c1C)NCCCOC1CCCc2ccccc21. The fourth-order valence-corrected chi connectivity index (χ4v) is 3.93. The van der Waals surface area contributed by atoms with Crippen LogP contribution in [0.3, 0.4) is 0 Å². The number of aromatic nitrogens is 2. The molecule has 1 aromatic heterocycles. The van der Waals surface area contributed by atoms with Crippen molar-refractivity contribution in [3.8, 4) is 0 Å². The zero-order valence-corrected chi connectivity index (χ0v) is 18.3. The number of ether oxygens (including phenoxy) is 1. The molecule has 1 aliphatic rings.